The standard InChI is InChI=1S/C20H24N2O2S/c1-21-11-15-7-8-16(13-21)22(12-15)20(23)19-10-9-17(24-19)14-25-18-5-3-2-4-6-18/h2-6,9-10,15-16H,7-8,11-14H2,1H3. The number of carbonyl (C=O) groups excluding carboxylic acids is 1. The fourth-order valence-corrected chi connectivity index (χ4v) is 4.76. The maximum absolute atomic E-state index is 12.9. The number of amides is 1. The Balaban J connectivity index is 1.42. The van der Waals surface area contributed by atoms with Crippen LogP contribution in [0.5, 0.6) is 0 Å². The minimum atomic E-state index is 0.0564. The minimum absolute atomic E-state index is 0.0564. The van der Waals surface area contributed by atoms with E-state index in [4.69, 9.17) is 4.42 Å². The van der Waals surface area contributed by atoms with E-state index in [0.29, 0.717) is 17.7 Å². The molecule has 25 heavy (non-hydrogen) atoms. The molecule has 1 aromatic carbocycles. The lowest BCUT2D eigenvalue weighted by atomic mass is 9.95. The number of hydrogen-bond donors (Lipinski definition) is 0. The summed E-state index contributed by atoms with van der Waals surface area (Å²) in [7, 11) is 2.16. The fourth-order valence-electron chi connectivity index (χ4n) is 3.95. The first kappa shape index (κ1) is 16.7. The summed E-state index contributed by atoms with van der Waals surface area (Å²) in [5.41, 5.74) is 0. The number of benzene rings is 1. The molecule has 0 N–H and O–H groups in total. The first-order chi connectivity index (χ1) is 12.2. The van der Waals surface area contributed by atoms with Crippen LogP contribution in [0, 0.1) is 5.92 Å². The number of nitrogens with zero attached hydrogens (tertiary/aromatic N) is 2. The van der Waals surface area contributed by atoms with Crippen molar-refractivity contribution in [1.82, 2.24) is 9.80 Å². The summed E-state index contributed by atoms with van der Waals surface area (Å²) in [6.07, 6.45) is 2.34. The third-order valence-electron chi connectivity index (χ3n) is 5.15. The molecule has 2 atom stereocenters. The van der Waals surface area contributed by atoms with E-state index in [-0.39, 0.29) is 5.91 Å². The van der Waals surface area contributed by atoms with Crippen molar-refractivity contribution < 1.29 is 9.21 Å². The number of fused-ring (bicyclic) bond motifs is 4. The molecule has 0 saturated carbocycles. The SMILES string of the molecule is CN1CC2CCC(C1)N(C(=O)c1ccc(CSc3ccccc3)o1)C2. The maximum atomic E-state index is 12.9. The van der Waals surface area contributed by atoms with Crippen molar-refractivity contribution in [2.24, 2.45) is 5.92 Å². The van der Waals surface area contributed by atoms with E-state index in [9.17, 15) is 4.79 Å². The lowest BCUT2D eigenvalue weighted by molar-refractivity contribution is 0.0553. The van der Waals surface area contributed by atoms with Crippen LogP contribution in [0.15, 0.2) is 51.8 Å². The van der Waals surface area contributed by atoms with Gasteiger partial charge in [0.25, 0.3) is 5.91 Å². The van der Waals surface area contributed by atoms with Gasteiger partial charge in [-0.3, -0.25) is 4.79 Å². The first-order valence-electron chi connectivity index (χ1n) is 8.95. The third kappa shape index (κ3) is 3.77. The molecule has 3 aliphatic heterocycles. The highest BCUT2D eigenvalue weighted by molar-refractivity contribution is 7.98. The van der Waals surface area contributed by atoms with Crippen molar-refractivity contribution >= 4 is 17.7 Å². The van der Waals surface area contributed by atoms with Crippen molar-refractivity contribution in [3.05, 3.63) is 54.0 Å². The van der Waals surface area contributed by atoms with E-state index in [1.54, 1.807) is 11.8 Å². The summed E-state index contributed by atoms with van der Waals surface area (Å²) in [4.78, 5) is 18.6. The molecule has 2 aromatic rings. The maximum Gasteiger partial charge on any atom is 0.289 e. The number of carbonyl (C=O) groups is 1. The second-order valence-corrected chi connectivity index (χ2v) is 8.19. The minimum Gasteiger partial charge on any atom is -0.455 e. The van der Waals surface area contributed by atoms with E-state index < -0.39 is 0 Å². The lowest BCUT2D eigenvalue weighted by Crippen LogP contribution is -2.47. The van der Waals surface area contributed by atoms with E-state index in [1.807, 2.05) is 35.2 Å². The molecular formula is C20H24N2O2S. The molecule has 0 spiro atoms. The normalized spacial score (nSPS) is 23.6. The second-order valence-electron chi connectivity index (χ2n) is 7.14. The molecule has 132 valence electrons. The summed E-state index contributed by atoms with van der Waals surface area (Å²) in [5, 5.41) is 0. The molecule has 5 heteroatoms. The molecule has 1 amide bonds. The Bertz CT molecular complexity index is 730. The summed E-state index contributed by atoms with van der Waals surface area (Å²) in [6, 6.07) is 14.4. The Morgan fingerprint density at radius 1 is 1.12 bits per heavy atom. The Labute approximate surface area is 153 Å². The monoisotopic (exact) mass is 356 g/mol. The van der Waals surface area contributed by atoms with Crippen LogP contribution in [0.2, 0.25) is 0 Å². The highest BCUT2D eigenvalue weighted by Crippen LogP contribution is 2.29. The van der Waals surface area contributed by atoms with Gasteiger partial charge in [-0.25, -0.2) is 0 Å². The van der Waals surface area contributed by atoms with Gasteiger partial charge < -0.3 is 14.2 Å². The van der Waals surface area contributed by atoms with Crippen LogP contribution in [-0.4, -0.2) is 48.4 Å². The molecule has 3 aliphatic rings. The molecule has 4 nitrogen and oxygen atoms in total. The van der Waals surface area contributed by atoms with Crippen LogP contribution in [0.1, 0.15) is 29.2 Å². The topological polar surface area (TPSA) is 36.7 Å². The highest BCUT2D eigenvalue weighted by Gasteiger charge is 2.37. The summed E-state index contributed by atoms with van der Waals surface area (Å²) < 4.78 is 5.87. The summed E-state index contributed by atoms with van der Waals surface area (Å²) >= 11 is 1.72. The molecule has 0 aliphatic carbocycles. The Kier molecular flexibility index (Phi) is 4.86. The van der Waals surface area contributed by atoms with Gasteiger partial charge in [0, 0.05) is 30.6 Å². The molecule has 3 fully saturated rings. The number of furan rings is 1. The molecule has 0 radical (unpaired) electrons. The van der Waals surface area contributed by atoms with Crippen molar-refractivity contribution in [3.63, 3.8) is 0 Å². The van der Waals surface area contributed by atoms with E-state index in [1.165, 1.54) is 11.3 Å². The third-order valence-corrected chi connectivity index (χ3v) is 6.19. The molecule has 2 unspecified atom stereocenters. The quantitative estimate of drug-likeness (QED) is 0.782. The Morgan fingerprint density at radius 2 is 1.96 bits per heavy atom. The van der Waals surface area contributed by atoms with E-state index in [0.717, 1.165) is 37.6 Å². The van der Waals surface area contributed by atoms with Crippen LogP contribution in [0.25, 0.3) is 0 Å². The van der Waals surface area contributed by atoms with Crippen LogP contribution >= 0.6 is 11.8 Å². The largest absolute Gasteiger partial charge is 0.455 e. The molecule has 2 bridgehead atoms. The zero-order valence-corrected chi connectivity index (χ0v) is 15.4. The van der Waals surface area contributed by atoms with Crippen molar-refractivity contribution in [2.45, 2.75) is 29.5 Å². The summed E-state index contributed by atoms with van der Waals surface area (Å²) in [6.45, 7) is 2.93. The number of hydrogen-bond acceptors (Lipinski definition) is 4. The molecule has 4 heterocycles. The average Bonchev–Trinajstić information content (AvgIpc) is 2.95. The van der Waals surface area contributed by atoms with Crippen molar-refractivity contribution in [3.8, 4) is 0 Å². The predicted molar refractivity (Wildman–Crippen MR) is 99.8 cm³/mol. The number of rotatable bonds is 4. The zero-order chi connectivity index (χ0) is 17.2. The van der Waals surface area contributed by atoms with Gasteiger partial charge >= 0.3 is 0 Å². The van der Waals surface area contributed by atoms with Gasteiger partial charge in [-0.2, -0.15) is 0 Å². The Morgan fingerprint density at radius 3 is 2.80 bits per heavy atom. The van der Waals surface area contributed by atoms with Gasteiger partial charge in [0.1, 0.15) is 5.76 Å². The summed E-state index contributed by atoms with van der Waals surface area (Å²) in [5.74, 6) is 2.73. The van der Waals surface area contributed by atoms with Gasteiger partial charge in [0.05, 0.1) is 5.75 Å². The van der Waals surface area contributed by atoms with Gasteiger partial charge in [-0.15, -0.1) is 11.8 Å². The zero-order valence-electron chi connectivity index (χ0n) is 14.6. The number of likely N-dealkylation sites (N-methyl/N-ethyl adjacent to an activating group) is 1. The molecular weight excluding hydrogens is 332 g/mol. The molecule has 5 rings (SSSR count). The van der Waals surface area contributed by atoms with E-state index in [2.05, 4.69) is 24.1 Å². The van der Waals surface area contributed by atoms with Crippen LogP contribution < -0.4 is 0 Å². The molecule has 3 saturated heterocycles. The molecule has 1 aromatic heterocycles. The predicted octanol–water partition coefficient (Wildman–Crippen LogP) is 3.74. The van der Waals surface area contributed by atoms with Crippen molar-refractivity contribution in [1.29, 1.82) is 0 Å². The highest BCUT2D eigenvalue weighted by atomic mass is 32.2. The van der Waals surface area contributed by atoms with Crippen LogP contribution in [-0.2, 0) is 5.75 Å². The second kappa shape index (κ2) is 7.26. The Hall–Kier alpha value is -1.72. The number of thioether (sulfide) groups is 1. The van der Waals surface area contributed by atoms with Gasteiger partial charge in [-0.05, 0) is 50.1 Å². The number of piperidine rings is 1. The van der Waals surface area contributed by atoms with Crippen LogP contribution in [0.3, 0.4) is 0 Å². The van der Waals surface area contributed by atoms with Crippen molar-refractivity contribution in [2.75, 3.05) is 26.7 Å². The smallest absolute Gasteiger partial charge is 0.289 e. The first-order valence-corrected chi connectivity index (χ1v) is 9.93. The van der Waals surface area contributed by atoms with E-state index >= 15 is 0 Å². The van der Waals surface area contributed by atoms with Gasteiger partial charge in [0.2, 0.25) is 0 Å². The van der Waals surface area contributed by atoms with Gasteiger partial charge in [0.15, 0.2) is 5.76 Å². The van der Waals surface area contributed by atoms with Gasteiger partial charge in [-0.1, -0.05) is 18.2 Å². The van der Waals surface area contributed by atoms with Crippen LogP contribution in [0.4, 0.5) is 0 Å². The average molecular weight is 356 g/mol. The fraction of sp³-hybridized carbons (Fsp3) is 0.450. The lowest BCUT2D eigenvalue weighted by Gasteiger charge is -2.35.